The van der Waals surface area contributed by atoms with Crippen LogP contribution in [0.5, 0.6) is 0 Å². The first-order valence-electron chi connectivity index (χ1n) is 8.53. The van der Waals surface area contributed by atoms with Crippen LogP contribution in [0.3, 0.4) is 0 Å². The molecule has 0 aromatic heterocycles. The maximum atomic E-state index is 13.8. The molecule has 6 heteroatoms. The third kappa shape index (κ3) is 2.41. The fourth-order valence-corrected chi connectivity index (χ4v) is 3.87. The highest BCUT2D eigenvalue weighted by Gasteiger charge is 2.54. The summed E-state index contributed by atoms with van der Waals surface area (Å²) in [6.07, 6.45) is 2.09. The fraction of sp³-hybridized carbons (Fsp3) is 0.250. The summed E-state index contributed by atoms with van der Waals surface area (Å²) in [5.74, 6) is -1.71. The highest BCUT2D eigenvalue weighted by molar-refractivity contribution is 6.11. The Bertz CT molecular complexity index is 927. The van der Waals surface area contributed by atoms with Gasteiger partial charge in [0.1, 0.15) is 11.4 Å². The Labute approximate surface area is 149 Å². The molecule has 2 aromatic rings. The summed E-state index contributed by atoms with van der Waals surface area (Å²) >= 11 is 0. The molecule has 0 saturated carbocycles. The minimum atomic E-state index is -1.12. The number of ketones is 1. The van der Waals surface area contributed by atoms with Crippen LogP contribution < -0.4 is 5.32 Å². The van der Waals surface area contributed by atoms with Gasteiger partial charge in [0.2, 0.25) is 0 Å². The number of rotatable bonds is 3. The molecule has 132 valence electrons. The van der Waals surface area contributed by atoms with E-state index in [1.165, 1.54) is 18.2 Å². The van der Waals surface area contributed by atoms with Gasteiger partial charge in [-0.2, -0.15) is 0 Å². The summed E-state index contributed by atoms with van der Waals surface area (Å²) in [5, 5.41) is 2.79. The Morgan fingerprint density at radius 1 is 1.12 bits per heavy atom. The highest BCUT2D eigenvalue weighted by atomic mass is 19.1. The fourth-order valence-electron chi connectivity index (χ4n) is 3.87. The molecule has 1 aliphatic heterocycles. The van der Waals surface area contributed by atoms with E-state index in [-0.39, 0.29) is 5.56 Å². The number of hydrogen-bond donors (Lipinski definition) is 1. The minimum Gasteiger partial charge on any atom is -0.319 e. The standard InChI is InChI=1S/C20H17FN2O3/c21-16-10-4-2-8-14(16)17(24)12-23-18(25)20(22-19(23)26)11-5-7-13-6-1-3-9-15(13)20/h1-4,6,8-10H,5,7,11-12H2,(H,22,26)/t20-/m1/s1. The Balaban J connectivity index is 1.65. The molecule has 1 atom stereocenters. The summed E-state index contributed by atoms with van der Waals surface area (Å²) in [7, 11) is 0. The molecule has 1 N–H and O–H groups in total. The molecule has 2 aliphatic rings. The normalized spacial score (nSPS) is 21.7. The largest absolute Gasteiger partial charge is 0.325 e. The van der Waals surface area contributed by atoms with Gasteiger partial charge in [0.05, 0.1) is 12.1 Å². The Kier molecular flexibility index (Phi) is 3.83. The topological polar surface area (TPSA) is 66.5 Å². The number of amides is 3. The lowest BCUT2D eigenvalue weighted by molar-refractivity contribution is -0.131. The smallest absolute Gasteiger partial charge is 0.319 e. The van der Waals surface area contributed by atoms with Crippen LogP contribution in [0.25, 0.3) is 0 Å². The summed E-state index contributed by atoms with van der Waals surface area (Å²) < 4.78 is 13.8. The molecule has 1 heterocycles. The van der Waals surface area contributed by atoms with Crippen LogP contribution in [0.4, 0.5) is 9.18 Å². The number of imide groups is 1. The number of hydrogen-bond acceptors (Lipinski definition) is 3. The molecule has 26 heavy (non-hydrogen) atoms. The molecular weight excluding hydrogens is 335 g/mol. The minimum absolute atomic E-state index is 0.127. The number of benzene rings is 2. The van der Waals surface area contributed by atoms with Crippen molar-refractivity contribution in [2.24, 2.45) is 0 Å². The molecule has 1 spiro atoms. The second-order valence-corrected chi connectivity index (χ2v) is 6.64. The zero-order chi connectivity index (χ0) is 18.3. The highest BCUT2D eigenvalue weighted by Crippen LogP contribution is 2.39. The predicted octanol–water partition coefficient (Wildman–Crippen LogP) is 2.79. The van der Waals surface area contributed by atoms with Gasteiger partial charge in [0.25, 0.3) is 5.91 Å². The maximum Gasteiger partial charge on any atom is 0.325 e. The van der Waals surface area contributed by atoms with Gasteiger partial charge in [0, 0.05) is 0 Å². The molecule has 2 aromatic carbocycles. The number of carbonyl (C=O) groups excluding carboxylic acids is 3. The zero-order valence-corrected chi connectivity index (χ0v) is 14.0. The Morgan fingerprint density at radius 2 is 1.85 bits per heavy atom. The van der Waals surface area contributed by atoms with Crippen molar-refractivity contribution in [2.45, 2.75) is 24.8 Å². The van der Waals surface area contributed by atoms with Crippen LogP contribution >= 0.6 is 0 Å². The van der Waals surface area contributed by atoms with Crippen LogP contribution in [-0.4, -0.2) is 29.2 Å². The second-order valence-electron chi connectivity index (χ2n) is 6.64. The van der Waals surface area contributed by atoms with Gasteiger partial charge in [0.15, 0.2) is 5.78 Å². The van der Waals surface area contributed by atoms with E-state index in [1.54, 1.807) is 6.07 Å². The van der Waals surface area contributed by atoms with Crippen molar-refractivity contribution in [1.29, 1.82) is 0 Å². The van der Waals surface area contributed by atoms with E-state index in [1.807, 2.05) is 24.3 Å². The number of urea groups is 1. The van der Waals surface area contributed by atoms with Crippen LogP contribution in [0.15, 0.2) is 48.5 Å². The number of Topliss-reactive ketones (excluding diaryl/α,β-unsaturated/α-hetero) is 1. The van der Waals surface area contributed by atoms with Gasteiger partial charge < -0.3 is 5.32 Å². The number of fused-ring (bicyclic) bond motifs is 2. The molecule has 0 unspecified atom stereocenters. The van der Waals surface area contributed by atoms with Gasteiger partial charge >= 0.3 is 6.03 Å². The molecule has 4 rings (SSSR count). The first-order chi connectivity index (χ1) is 12.5. The van der Waals surface area contributed by atoms with E-state index < -0.39 is 35.6 Å². The van der Waals surface area contributed by atoms with Crippen molar-refractivity contribution >= 4 is 17.7 Å². The van der Waals surface area contributed by atoms with Gasteiger partial charge in [-0.15, -0.1) is 0 Å². The molecule has 3 amide bonds. The van der Waals surface area contributed by atoms with Crippen molar-refractivity contribution in [2.75, 3.05) is 6.54 Å². The van der Waals surface area contributed by atoms with Gasteiger partial charge in [-0.3, -0.25) is 14.5 Å². The summed E-state index contributed by atoms with van der Waals surface area (Å²) in [4.78, 5) is 38.9. The third-order valence-corrected chi connectivity index (χ3v) is 5.13. The molecule has 1 aliphatic carbocycles. The lowest BCUT2D eigenvalue weighted by Crippen LogP contribution is -2.46. The van der Waals surface area contributed by atoms with Crippen molar-refractivity contribution in [3.05, 3.63) is 71.0 Å². The van der Waals surface area contributed by atoms with Crippen LogP contribution in [0.2, 0.25) is 0 Å². The van der Waals surface area contributed by atoms with Crippen LogP contribution in [0.1, 0.15) is 34.3 Å². The van der Waals surface area contributed by atoms with Gasteiger partial charge in [-0.25, -0.2) is 9.18 Å². The first kappa shape index (κ1) is 16.4. The predicted molar refractivity (Wildman–Crippen MR) is 92.0 cm³/mol. The van der Waals surface area contributed by atoms with Crippen molar-refractivity contribution in [1.82, 2.24) is 10.2 Å². The second kappa shape index (κ2) is 6.05. The first-order valence-corrected chi connectivity index (χ1v) is 8.53. The van der Waals surface area contributed by atoms with Gasteiger partial charge in [-0.1, -0.05) is 36.4 Å². The molecule has 1 saturated heterocycles. The van der Waals surface area contributed by atoms with Crippen molar-refractivity contribution in [3.63, 3.8) is 0 Å². The number of aryl methyl sites for hydroxylation is 1. The monoisotopic (exact) mass is 352 g/mol. The SMILES string of the molecule is O=C(CN1C(=O)N[C@@]2(CCCc3ccccc32)C1=O)c1ccccc1F. The quantitative estimate of drug-likeness (QED) is 0.682. The van der Waals surface area contributed by atoms with Crippen LogP contribution in [-0.2, 0) is 16.8 Å². The van der Waals surface area contributed by atoms with E-state index in [0.29, 0.717) is 6.42 Å². The number of halogens is 1. The van der Waals surface area contributed by atoms with Crippen molar-refractivity contribution in [3.8, 4) is 0 Å². The molecular formula is C20H17FN2O3. The average Bonchev–Trinajstić information content (AvgIpc) is 2.87. The summed E-state index contributed by atoms with van der Waals surface area (Å²) in [6.45, 7) is -0.477. The lowest BCUT2D eigenvalue weighted by Gasteiger charge is -2.33. The Morgan fingerprint density at radius 3 is 2.65 bits per heavy atom. The average molecular weight is 352 g/mol. The Hall–Kier alpha value is -3.02. The molecule has 0 bridgehead atoms. The van der Waals surface area contributed by atoms with Gasteiger partial charge in [-0.05, 0) is 42.5 Å². The van der Waals surface area contributed by atoms with E-state index in [2.05, 4.69) is 5.32 Å². The van der Waals surface area contributed by atoms with Crippen molar-refractivity contribution < 1.29 is 18.8 Å². The van der Waals surface area contributed by atoms with E-state index in [9.17, 15) is 18.8 Å². The van der Waals surface area contributed by atoms with Crippen LogP contribution in [0, 0.1) is 5.82 Å². The molecule has 5 nitrogen and oxygen atoms in total. The third-order valence-electron chi connectivity index (χ3n) is 5.13. The molecule has 0 radical (unpaired) electrons. The molecule has 1 fully saturated rings. The van der Waals surface area contributed by atoms with E-state index in [0.717, 1.165) is 28.9 Å². The zero-order valence-electron chi connectivity index (χ0n) is 14.0. The number of carbonyl (C=O) groups is 3. The van der Waals surface area contributed by atoms with E-state index >= 15 is 0 Å². The van der Waals surface area contributed by atoms with E-state index in [4.69, 9.17) is 0 Å². The summed E-state index contributed by atoms with van der Waals surface area (Å²) in [6, 6.07) is 12.5. The maximum absolute atomic E-state index is 13.8. The lowest BCUT2D eigenvalue weighted by atomic mass is 9.76. The number of nitrogens with one attached hydrogen (secondary N) is 1. The number of nitrogens with zero attached hydrogens (tertiary/aromatic N) is 1. The summed E-state index contributed by atoms with van der Waals surface area (Å²) in [5.41, 5.74) is 0.555.